The molecule has 1 atom stereocenters. The van der Waals surface area contributed by atoms with Gasteiger partial charge in [0.15, 0.2) is 0 Å². The summed E-state index contributed by atoms with van der Waals surface area (Å²) in [6.45, 7) is 1.69. The Kier molecular flexibility index (Phi) is 4.25. The fourth-order valence-electron chi connectivity index (χ4n) is 4.56. The average molecular weight is 382 g/mol. The topological polar surface area (TPSA) is 58.2 Å². The van der Waals surface area contributed by atoms with Crippen molar-refractivity contribution >= 4 is 21.6 Å². The van der Waals surface area contributed by atoms with Crippen LogP contribution >= 0.6 is 11.3 Å². The molecule has 5 rings (SSSR count). The molecule has 1 aliphatic heterocycles. The molecule has 2 aliphatic rings. The van der Waals surface area contributed by atoms with Crippen molar-refractivity contribution in [2.45, 2.75) is 44.7 Å². The van der Waals surface area contributed by atoms with E-state index in [0.29, 0.717) is 12.6 Å². The van der Waals surface area contributed by atoms with E-state index in [1.165, 1.54) is 16.0 Å². The highest BCUT2D eigenvalue weighted by Gasteiger charge is 2.28. The molecule has 0 amide bonds. The standard InChI is InChI=1S/C21H23N3O2S/c1-26-14-6-2-5-13(11-14)16-8-4-10-24(16)12-18-22-20(25)19-15-7-3-9-17(15)27-21(19)23-18/h2,5-6,11,16H,3-4,7-10,12H2,1H3,(H,22,23,25). The van der Waals surface area contributed by atoms with Crippen LogP contribution in [0.2, 0.25) is 0 Å². The summed E-state index contributed by atoms with van der Waals surface area (Å²) in [5, 5.41) is 0.835. The molecule has 6 heteroatoms. The van der Waals surface area contributed by atoms with Gasteiger partial charge in [0.05, 0.1) is 19.0 Å². The van der Waals surface area contributed by atoms with Gasteiger partial charge >= 0.3 is 0 Å². The Morgan fingerprint density at radius 2 is 2.26 bits per heavy atom. The van der Waals surface area contributed by atoms with E-state index in [2.05, 4.69) is 22.0 Å². The molecule has 3 heterocycles. The van der Waals surface area contributed by atoms with Crippen LogP contribution < -0.4 is 10.3 Å². The molecule has 2 aromatic heterocycles. The van der Waals surface area contributed by atoms with E-state index in [1.54, 1.807) is 18.4 Å². The highest BCUT2D eigenvalue weighted by Crippen LogP contribution is 2.36. The number of H-pyrrole nitrogens is 1. The first-order chi connectivity index (χ1) is 13.2. The van der Waals surface area contributed by atoms with Crippen molar-refractivity contribution in [1.82, 2.24) is 14.9 Å². The zero-order valence-corrected chi connectivity index (χ0v) is 16.3. The number of hydrogen-bond donors (Lipinski definition) is 1. The number of benzene rings is 1. The lowest BCUT2D eigenvalue weighted by molar-refractivity contribution is 0.242. The van der Waals surface area contributed by atoms with Crippen molar-refractivity contribution in [3.05, 3.63) is 56.4 Å². The maximum Gasteiger partial charge on any atom is 0.259 e. The summed E-state index contributed by atoms with van der Waals surface area (Å²) in [5.74, 6) is 1.67. The normalized spacial score (nSPS) is 19.7. The van der Waals surface area contributed by atoms with Gasteiger partial charge in [-0.1, -0.05) is 12.1 Å². The number of nitrogens with one attached hydrogen (secondary N) is 1. The molecule has 0 radical (unpaired) electrons. The minimum atomic E-state index is 0.0338. The summed E-state index contributed by atoms with van der Waals surface area (Å²) in [4.78, 5) is 25.3. The third-order valence-electron chi connectivity index (χ3n) is 5.82. The van der Waals surface area contributed by atoms with Gasteiger partial charge < -0.3 is 9.72 Å². The number of hydrogen-bond acceptors (Lipinski definition) is 5. The van der Waals surface area contributed by atoms with Crippen LogP contribution in [0, 0.1) is 0 Å². The fraction of sp³-hybridized carbons (Fsp3) is 0.429. The van der Waals surface area contributed by atoms with Crippen molar-refractivity contribution < 1.29 is 4.74 Å². The number of fused-ring (bicyclic) bond motifs is 3. The zero-order chi connectivity index (χ0) is 18.4. The third kappa shape index (κ3) is 2.97. The van der Waals surface area contributed by atoms with Gasteiger partial charge in [-0.25, -0.2) is 4.98 Å². The molecule has 27 heavy (non-hydrogen) atoms. The van der Waals surface area contributed by atoms with Crippen LogP contribution in [0.15, 0.2) is 29.1 Å². The van der Waals surface area contributed by atoms with E-state index in [4.69, 9.17) is 9.72 Å². The van der Waals surface area contributed by atoms with Crippen LogP contribution in [-0.2, 0) is 19.4 Å². The van der Waals surface area contributed by atoms with Gasteiger partial charge in [-0.05, 0) is 61.9 Å². The molecule has 1 saturated heterocycles. The molecule has 1 aromatic carbocycles. The Balaban J connectivity index is 1.44. The number of rotatable bonds is 4. The van der Waals surface area contributed by atoms with E-state index in [0.717, 1.165) is 60.4 Å². The summed E-state index contributed by atoms with van der Waals surface area (Å²) in [6.07, 6.45) is 5.54. The number of ether oxygens (including phenoxy) is 1. The third-order valence-corrected chi connectivity index (χ3v) is 7.00. The summed E-state index contributed by atoms with van der Waals surface area (Å²) in [6, 6.07) is 8.64. The maximum atomic E-state index is 12.7. The Labute approximate surface area is 162 Å². The SMILES string of the molecule is COc1cccc(C2CCCN2Cc2nc3sc4c(c3c(=O)[nH]2)CCC4)c1. The molecule has 5 nitrogen and oxygen atoms in total. The second-order valence-corrected chi connectivity index (χ2v) is 8.54. The predicted octanol–water partition coefficient (Wildman–Crippen LogP) is 3.82. The average Bonchev–Trinajstić information content (AvgIpc) is 3.37. The van der Waals surface area contributed by atoms with Crippen LogP contribution in [-0.4, -0.2) is 28.5 Å². The first kappa shape index (κ1) is 17.0. The summed E-state index contributed by atoms with van der Waals surface area (Å²) < 4.78 is 5.38. The zero-order valence-electron chi connectivity index (χ0n) is 15.5. The fourth-order valence-corrected chi connectivity index (χ4v) is 5.84. The minimum absolute atomic E-state index is 0.0338. The molecule has 1 fully saturated rings. The Hall–Kier alpha value is -2.18. The quantitative estimate of drug-likeness (QED) is 0.746. The summed E-state index contributed by atoms with van der Waals surface area (Å²) >= 11 is 1.71. The van der Waals surface area contributed by atoms with E-state index in [9.17, 15) is 4.79 Å². The largest absolute Gasteiger partial charge is 0.497 e. The minimum Gasteiger partial charge on any atom is -0.497 e. The van der Waals surface area contributed by atoms with Crippen LogP contribution in [0.25, 0.3) is 10.2 Å². The lowest BCUT2D eigenvalue weighted by atomic mass is 10.0. The van der Waals surface area contributed by atoms with Crippen molar-refractivity contribution in [3.63, 3.8) is 0 Å². The summed E-state index contributed by atoms with van der Waals surface area (Å²) in [5.41, 5.74) is 2.54. The van der Waals surface area contributed by atoms with Crippen molar-refractivity contribution in [2.24, 2.45) is 0 Å². The van der Waals surface area contributed by atoms with Gasteiger partial charge in [0.25, 0.3) is 5.56 Å². The molecule has 1 N–H and O–H groups in total. The van der Waals surface area contributed by atoms with Crippen LogP contribution in [0.4, 0.5) is 0 Å². The number of thiophene rings is 1. The van der Waals surface area contributed by atoms with E-state index in [1.807, 2.05) is 12.1 Å². The molecule has 1 unspecified atom stereocenters. The van der Waals surface area contributed by atoms with Crippen molar-refractivity contribution in [3.8, 4) is 5.75 Å². The summed E-state index contributed by atoms with van der Waals surface area (Å²) in [7, 11) is 1.70. The smallest absolute Gasteiger partial charge is 0.259 e. The Morgan fingerprint density at radius 3 is 3.15 bits per heavy atom. The second-order valence-electron chi connectivity index (χ2n) is 7.46. The number of aromatic amines is 1. The van der Waals surface area contributed by atoms with Crippen LogP contribution in [0.5, 0.6) is 5.75 Å². The molecule has 0 bridgehead atoms. The van der Waals surface area contributed by atoms with E-state index < -0.39 is 0 Å². The van der Waals surface area contributed by atoms with Gasteiger partial charge in [0.1, 0.15) is 16.4 Å². The van der Waals surface area contributed by atoms with Crippen LogP contribution in [0.3, 0.4) is 0 Å². The van der Waals surface area contributed by atoms with Crippen molar-refractivity contribution in [1.29, 1.82) is 0 Å². The van der Waals surface area contributed by atoms with Gasteiger partial charge in [-0.15, -0.1) is 11.3 Å². The first-order valence-electron chi connectivity index (χ1n) is 9.64. The lowest BCUT2D eigenvalue weighted by Crippen LogP contribution is -2.25. The molecule has 0 saturated carbocycles. The van der Waals surface area contributed by atoms with Gasteiger partial charge in [-0.3, -0.25) is 9.69 Å². The van der Waals surface area contributed by atoms with Gasteiger partial charge in [-0.2, -0.15) is 0 Å². The van der Waals surface area contributed by atoms with Gasteiger partial charge in [0.2, 0.25) is 0 Å². The number of aryl methyl sites for hydroxylation is 2. The second kappa shape index (κ2) is 6.77. The Bertz CT molecular complexity index is 1060. The highest BCUT2D eigenvalue weighted by molar-refractivity contribution is 7.18. The van der Waals surface area contributed by atoms with Gasteiger partial charge in [0, 0.05) is 10.9 Å². The molecular formula is C21H23N3O2S. The number of likely N-dealkylation sites (tertiary alicyclic amines) is 1. The molecule has 0 spiro atoms. The van der Waals surface area contributed by atoms with Crippen molar-refractivity contribution in [2.75, 3.05) is 13.7 Å². The number of nitrogens with zero attached hydrogens (tertiary/aromatic N) is 2. The Morgan fingerprint density at radius 1 is 1.33 bits per heavy atom. The molecule has 3 aromatic rings. The molecule has 140 valence electrons. The highest BCUT2D eigenvalue weighted by atomic mass is 32.1. The van der Waals surface area contributed by atoms with E-state index in [-0.39, 0.29) is 5.56 Å². The maximum absolute atomic E-state index is 12.7. The first-order valence-corrected chi connectivity index (χ1v) is 10.5. The van der Waals surface area contributed by atoms with E-state index >= 15 is 0 Å². The molecule has 1 aliphatic carbocycles. The molecular weight excluding hydrogens is 358 g/mol. The number of methoxy groups -OCH3 is 1. The monoisotopic (exact) mass is 381 g/mol. The number of aromatic nitrogens is 2. The van der Waals surface area contributed by atoms with Crippen LogP contribution in [0.1, 0.15) is 47.1 Å². The predicted molar refractivity (Wildman–Crippen MR) is 108 cm³/mol. The lowest BCUT2D eigenvalue weighted by Gasteiger charge is -2.24.